The summed E-state index contributed by atoms with van der Waals surface area (Å²) in [5, 5.41) is 2.36. The maximum absolute atomic E-state index is 12.2. The highest BCUT2D eigenvalue weighted by molar-refractivity contribution is 9.10. The topological polar surface area (TPSA) is 94.8 Å². The van der Waals surface area contributed by atoms with Gasteiger partial charge in [0.25, 0.3) is 5.91 Å². The minimum absolute atomic E-state index is 0.0574. The first-order chi connectivity index (χ1) is 11.9. The van der Waals surface area contributed by atoms with Gasteiger partial charge in [0.2, 0.25) is 5.78 Å². The number of benzene rings is 1. The van der Waals surface area contributed by atoms with E-state index in [1.807, 2.05) is 0 Å². The number of hydrogen-bond acceptors (Lipinski definition) is 6. The number of Topliss-reactive ketones (excluding diaryl/α,β-unsaturated/α-hetero) is 1. The largest absolute Gasteiger partial charge is 0.497 e. The molecule has 0 unspecified atom stereocenters. The summed E-state index contributed by atoms with van der Waals surface area (Å²) in [5.41, 5.74) is 0.394. The van der Waals surface area contributed by atoms with Crippen molar-refractivity contribution < 1.29 is 28.3 Å². The molecule has 0 saturated heterocycles. The number of methoxy groups -OCH3 is 1. The highest BCUT2D eigenvalue weighted by Crippen LogP contribution is 2.14. The molecule has 0 aliphatic carbocycles. The molecule has 0 aliphatic heterocycles. The zero-order valence-electron chi connectivity index (χ0n) is 13.6. The number of hydrogen-bond donors (Lipinski definition) is 1. The number of carbonyl (C=O) groups is 3. The van der Waals surface area contributed by atoms with Gasteiger partial charge in [0, 0.05) is 5.56 Å². The van der Waals surface area contributed by atoms with Gasteiger partial charge in [-0.1, -0.05) is 0 Å². The first kappa shape index (κ1) is 18.7. The molecule has 1 aromatic heterocycles. The van der Waals surface area contributed by atoms with Crippen molar-refractivity contribution >= 4 is 33.6 Å². The van der Waals surface area contributed by atoms with Crippen molar-refractivity contribution in [2.45, 2.75) is 13.0 Å². The normalized spacial score (nSPS) is 11.5. The Morgan fingerprint density at radius 1 is 1.16 bits per heavy atom. The second kappa shape index (κ2) is 8.48. The van der Waals surface area contributed by atoms with Crippen LogP contribution in [-0.4, -0.2) is 37.4 Å². The standard InChI is InChI=1S/C17H16BrNO6/c1-10(16(21)11-3-5-12(23-2)6-4-11)24-15(20)9-19-17(22)13-7-8-14(18)25-13/h3-8,10H,9H2,1-2H3,(H,19,22)/t10-/m0/s1. The first-order valence-corrected chi connectivity index (χ1v) is 8.11. The maximum Gasteiger partial charge on any atom is 0.326 e. The second-order valence-corrected chi connectivity index (χ2v) is 5.79. The van der Waals surface area contributed by atoms with Crippen LogP contribution >= 0.6 is 15.9 Å². The molecular weight excluding hydrogens is 394 g/mol. The summed E-state index contributed by atoms with van der Waals surface area (Å²) in [6, 6.07) is 9.47. The summed E-state index contributed by atoms with van der Waals surface area (Å²) in [5.74, 6) is -0.960. The number of nitrogens with one attached hydrogen (secondary N) is 1. The SMILES string of the molecule is COc1ccc(C(=O)[C@H](C)OC(=O)CNC(=O)c2ccc(Br)o2)cc1. The number of ketones is 1. The average molecular weight is 410 g/mol. The molecule has 0 bridgehead atoms. The minimum Gasteiger partial charge on any atom is -0.497 e. The van der Waals surface area contributed by atoms with E-state index in [1.165, 1.54) is 20.1 Å². The van der Waals surface area contributed by atoms with Crippen LogP contribution in [-0.2, 0) is 9.53 Å². The van der Waals surface area contributed by atoms with Crippen molar-refractivity contribution in [1.82, 2.24) is 5.32 Å². The molecule has 1 heterocycles. The van der Waals surface area contributed by atoms with E-state index in [4.69, 9.17) is 13.9 Å². The molecule has 0 aliphatic rings. The van der Waals surface area contributed by atoms with E-state index >= 15 is 0 Å². The lowest BCUT2D eigenvalue weighted by Crippen LogP contribution is -2.33. The zero-order valence-corrected chi connectivity index (χ0v) is 15.2. The third kappa shape index (κ3) is 5.18. The van der Waals surface area contributed by atoms with Crippen molar-refractivity contribution in [3.63, 3.8) is 0 Å². The van der Waals surface area contributed by atoms with Gasteiger partial charge in [-0.05, 0) is 59.3 Å². The molecule has 0 spiro atoms. The molecule has 1 amide bonds. The molecule has 0 saturated carbocycles. The van der Waals surface area contributed by atoms with Gasteiger partial charge in [0.1, 0.15) is 12.3 Å². The van der Waals surface area contributed by atoms with Crippen LogP contribution in [0.5, 0.6) is 5.75 Å². The molecule has 0 fully saturated rings. The van der Waals surface area contributed by atoms with E-state index in [0.29, 0.717) is 16.0 Å². The lowest BCUT2D eigenvalue weighted by molar-refractivity contribution is -0.145. The summed E-state index contributed by atoms with van der Waals surface area (Å²) in [6.07, 6.45) is -0.976. The van der Waals surface area contributed by atoms with Gasteiger partial charge < -0.3 is 19.2 Å². The Bertz CT molecular complexity index is 768. The molecule has 1 N–H and O–H groups in total. The molecule has 0 radical (unpaired) electrons. The van der Waals surface area contributed by atoms with Crippen LogP contribution in [0, 0.1) is 0 Å². The summed E-state index contributed by atoms with van der Waals surface area (Å²) < 4.78 is 15.5. The fraction of sp³-hybridized carbons (Fsp3) is 0.235. The Kier molecular flexibility index (Phi) is 6.35. The minimum atomic E-state index is -0.976. The van der Waals surface area contributed by atoms with Crippen molar-refractivity contribution in [3.8, 4) is 5.75 Å². The molecule has 8 heteroatoms. The monoisotopic (exact) mass is 409 g/mol. The smallest absolute Gasteiger partial charge is 0.326 e. The van der Waals surface area contributed by atoms with Crippen LogP contribution < -0.4 is 10.1 Å². The predicted molar refractivity (Wildman–Crippen MR) is 91.6 cm³/mol. The fourth-order valence-electron chi connectivity index (χ4n) is 1.96. The summed E-state index contributed by atoms with van der Waals surface area (Å²) >= 11 is 3.08. The summed E-state index contributed by atoms with van der Waals surface area (Å²) in [4.78, 5) is 35.7. The molecule has 1 aromatic carbocycles. The Balaban J connectivity index is 1.84. The van der Waals surface area contributed by atoms with Crippen molar-refractivity contribution in [1.29, 1.82) is 0 Å². The second-order valence-electron chi connectivity index (χ2n) is 5.01. The zero-order chi connectivity index (χ0) is 18.4. The van der Waals surface area contributed by atoms with E-state index in [-0.39, 0.29) is 18.1 Å². The number of esters is 1. The Morgan fingerprint density at radius 2 is 1.84 bits per heavy atom. The molecule has 2 rings (SSSR count). The van der Waals surface area contributed by atoms with Crippen molar-refractivity contribution in [3.05, 3.63) is 52.4 Å². The Hall–Kier alpha value is -2.61. The van der Waals surface area contributed by atoms with Gasteiger partial charge in [0.05, 0.1) is 7.11 Å². The number of ether oxygens (including phenoxy) is 2. The van der Waals surface area contributed by atoms with Gasteiger partial charge in [-0.2, -0.15) is 0 Å². The summed E-state index contributed by atoms with van der Waals surface area (Å²) in [6.45, 7) is 1.09. The van der Waals surface area contributed by atoms with Crippen LogP contribution in [0.4, 0.5) is 0 Å². The number of furan rings is 1. The lowest BCUT2D eigenvalue weighted by Gasteiger charge is -2.13. The lowest BCUT2D eigenvalue weighted by atomic mass is 10.1. The van der Waals surface area contributed by atoms with Crippen LogP contribution in [0.2, 0.25) is 0 Å². The van der Waals surface area contributed by atoms with E-state index in [1.54, 1.807) is 30.3 Å². The van der Waals surface area contributed by atoms with Gasteiger partial charge >= 0.3 is 5.97 Å². The van der Waals surface area contributed by atoms with Gasteiger partial charge in [-0.25, -0.2) is 0 Å². The van der Waals surface area contributed by atoms with Crippen molar-refractivity contribution in [2.75, 3.05) is 13.7 Å². The van der Waals surface area contributed by atoms with Crippen LogP contribution in [0.3, 0.4) is 0 Å². The third-order valence-corrected chi connectivity index (χ3v) is 3.67. The van der Waals surface area contributed by atoms with E-state index in [0.717, 1.165) is 0 Å². The number of rotatable bonds is 7. The average Bonchev–Trinajstić information content (AvgIpc) is 3.05. The highest BCUT2D eigenvalue weighted by Gasteiger charge is 2.20. The molecule has 2 aromatic rings. The van der Waals surface area contributed by atoms with Gasteiger partial charge in [0.15, 0.2) is 16.5 Å². The van der Waals surface area contributed by atoms with Crippen molar-refractivity contribution in [2.24, 2.45) is 0 Å². The molecule has 7 nitrogen and oxygen atoms in total. The first-order valence-electron chi connectivity index (χ1n) is 7.32. The quantitative estimate of drug-likeness (QED) is 0.557. The van der Waals surface area contributed by atoms with E-state index in [2.05, 4.69) is 21.2 Å². The van der Waals surface area contributed by atoms with E-state index in [9.17, 15) is 14.4 Å². The van der Waals surface area contributed by atoms with Crippen LogP contribution in [0.25, 0.3) is 0 Å². The Labute approximate surface area is 152 Å². The highest BCUT2D eigenvalue weighted by atomic mass is 79.9. The van der Waals surface area contributed by atoms with Gasteiger partial charge in [-0.15, -0.1) is 0 Å². The molecular formula is C17H16BrNO6. The summed E-state index contributed by atoms with van der Waals surface area (Å²) in [7, 11) is 1.52. The maximum atomic E-state index is 12.2. The van der Waals surface area contributed by atoms with E-state index < -0.39 is 18.0 Å². The van der Waals surface area contributed by atoms with Gasteiger partial charge in [-0.3, -0.25) is 14.4 Å². The third-order valence-electron chi connectivity index (χ3n) is 3.24. The number of halogens is 1. The fourth-order valence-corrected chi connectivity index (χ4v) is 2.26. The van der Waals surface area contributed by atoms with Crippen LogP contribution in [0.15, 0.2) is 45.5 Å². The molecule has 132 valence electrons. The predicted octanol–water partition coefficient (Wildman–Crippen LogP) is 2.60. The van der Waals surface area contributed by atoms with Crippen LogP contribution in [0.1, 0.15) is 27.8 Å². The Morgan fingerprint density at radius 3 is 2.40 bits per heavy atom. The molecule has 25 heavy (non-hydrogen) atoms. The number of carbonyl (C=O) groups excluding carboxylic acids is 3. The molecule has 1 atom stereocenters. The number of amides is 1.